The van der Waals surface area contributed by atoms with E-state index in [1.165, 1.54) is 22.9 Å². The molecule has 0 bridgehead atoms. The van der Waals surface area contributed by atoms with Crippen molar-refractivity contribution < 1.29 is 9.21 Å². The largest absolute Gasteiger partial charge is 0.411 e. The highest BCUT2D eigenvalue weighted by Crippen LogP contribution is 2.31. The van der Waals surface area contributed by atoms with Gasteiger partial charge in [-0.15, -0.1) is 10.2 Å². The van der Waals surface area contributed by atoms with Crippen LogP contribution in [-0.2, 0) is 11.2 Å². The van der Waals surface area contributed by atoms with Crippen LogP contribution in [0, 0.1) is 13.8 Å². The van der Waals surface area contributed by atoms with Gasteiger partial charge in [0.15, 0.2) is 0 Å². The zero-order valence-corrected chi connectivity index (χ0v) is 17.8. The summed E-state index contributed by atoms with van der Waals surface area (Å²) in [7, 11) is 0. The lowest BCUT2D eigenvalue weighted by atomic mass is 9.88. The third-order valence-electron chi connectivity index (χ3n) is 5.21. The lowest BCUT2D eigenvalue weighted by molar-refractivity contribution is -0.121. The van der Waals surface area contributed by atoms with Crippen LogP contribution >= 0.6 is 11.8 Å². The van der Waals surface area contributed by atoms with E-state index in [-0.39, 0.29) is 17.2 Å². The second-order valence-electron chi connectivity index (χ2n) is 7.66. The minimum Gasteiger partial charge on any atom is -0.411 e. The third kappa shape index (κ3) is 4.53. The third-order valence-corrected chi connectivity index (χ3v) is 6.14. The normalized spacial score (nSPS) is 16.9. The maximum Gasteiger partial charge on any atom is 0.277 e. The van der Waals surface area contributed by atoms with E-state index in [0.717, 1.165) is 36.0 Å². The zero-order valence-electron chi connectivity index (χ0n) is 16.9. The van der Waals surface area contributed by atoms with E-state index in [1.54, 1.807) is 0 Å². The standard InChI is InChI=1S/C23H25N3O2S/c1-14-11-15(2)13-18(12-14)22-25-26-23(28-22)29-16(3)21(27)24-20-10-6-8-17-7-4-5-9-19(17)20/h4-5,7,9,11-13,16,20H,6,8,10H2,1-3H3,(H,24,27)/t16-,20+/m0/s1. The fraction of sp³-hybridized carbons (Fsp3) is 0.348. The van der Waals surface area contributed by atoms with Crippen LogP contribution in [0.3, 0.4) is 0 Å². The number of hydrogen-bond acceptors (Lipinski definition) is 5. The number of thioether (sulfide) groups is 1. The fourth-order valence-electron chi connectivity index (χ4n) is 3.87. The summed E-state index contributed by atoms with van der Waals surface area (Å²) in [5, 5.41) is 11.6. The Morgan fingerprint density at radius 2 is 1.93 bits per heavy atom. The van der Waals surface area contributed by atoms with Gasteiger partial charge in [0.05, 0.1) is 11.3 Å². The smallest absolute Gasteiger partial charge is 0.277 e. The average Bonchev–Trinajstić information content (AvgIpc) is 3.16. The maximum atomic E-state index is 12.8. The molecule has 29 heavy (non-hydrogen) atoms. The number of amides is 1. The van der Waals surface area contributed by atoms with E-state index in [4.69, 9.17) is 4.42 Å². The van der Waals surface area contributed by atoms with Crippen molar-refractivity contribution in [2.24, 2.45) is 0 Å². The number of aromatic nitrogens is 2. The summed E-state index contributed by atoms with van der Waals surface area (Å²) in [5.74, 6) is 0.468. The Labute approximate surface area is 175 Å². The van der Waals surface area contributed by atoms with E-state index < -0.39 is 0 Å². The van der Waals surface area contributed by atoms with Crippen LogP contribution in [0.1, 0.15) is 48.1 Å². The molecule has 150 valence electrons. The molecular weight excluding hydrogens is 382 g/mol. The van der Waals surface area contributed by atoms with Crippen molar-refractivity contribution in [1.29, 1.82) is 0 Å². The van der Waals surface area contributed by atoms with Crippen molar-refractivity contribution >= 4 is 17.7 Å². The van der Waals surface area contributed by atoms with Crippen LogP contribution in [0.4, 0.5) is 0 Å². The number of nitrogens with zero attached hydrogens (tertiary/aromatic N) is 2. The quantitative estimate of drug-likeness (QED) is 0.601. The Hall–Kier alpha value is -2.60. The second kappa shape index (κ2) is 8.41. The van der Waals surface area contributed by atoms with Gasteiger partial charge in [-0.25, -0.2) is 0 Å². The molecule has 1 aliphatic rings. The first-order valence-corrected chi connectivity index (χ1v) is 10.8. The number of nitrogens with one attached hydrogen (secondary N) is 1. The predicted molar refractivity (Wildman–Crippen MR) is 115 cm³/mol. The van der Waals surface area contributed by atoms with Crippen LogP contribution in [-0.4, -0.2) is 21.4 Å². The fourth-order valence-corrected chi connectivity index (χ4v) is 4.56. The Morgan fingerprint density at radius 1 is 1.17 bits per heavy atom. The van der Waals surface area contributed by atoms with Crippen LogP contribution in [0.5, 0.6) is 0 Å². The summed E-state index contributed by atoms with van der Waals surface area (Å²) in [6.07, 6.45) is 3.14. The van der Waals surface area contributed by atoms with Gasteiger partial charge in [0.2, 0.25) is 11.8 Å². The Balaban J connectivity index is 1.42. The molecule has 3 aromatic rings. The van der Waals surface area contributed by atoms with Crippen LogP contribution in [0.25, 0.3) is 11.5 Å². The van der Waals surface area contributed by atoms with Gasteiger partial charge in [0.25, 0.3) is 5.22 Å². The molecule has 0 fully saturated rings. The number of hydrogen-bond donors (Lipinski definition) is 1. The van der Waals surface area contributed by atoms with Gasteiger partial charge in [-0.3, -0.25) is 4.79 Å². The predicted octanol–water partition coefficient (Wildman–Crippen LogP) is 5.03. The van der Waals surface area contributed by atoms with Crippen molar-refractivity contribution in [3.63, 3.8) is 0 Å². The molecule has 1 amide bonds. The maximum absolute atomic E-state index is 12.8. The summed E-state index contributed by atoms with van der Waals surface area (Å²) >= 11 is 1.29. The van der Waals surface area contributed by atoms with E-state index in [0.29, 0.717) is 11.1 Å². The van der Waals surface area contributed by atoms with E-state index in [2.05, 4.69) is 39.8 Å². The monoisotopic (exact) mass is 407 g/mol. The first-order chi connectivity index (χ1) is 14.0. The summed E-state index contributed by atoms with van der Waals surface area (Å²) in [6, 6.07) is 14.6. The number of carbonyl (C=O) groups is 1. The average molecular weight is 408 g/mol. The van der Waals surface area contributed by atoms with Crippen molar-refractivity contribution in [3.05, 3.63) is 64.7 Å². The summed E-state index contributed by atoms with van der Waals surface area (Å²) in [5.41, 5.74) is 5.76. The van der Waals surface area contributed by atoms with Gasteiger partial charge in [-0.05, 0) is 63.3 Å². The molecule has 0 aliphatic heterocycles. The molecule has 4 rings (SSSR count). The molecule has 0 saturated heterocycles. The molecule has 2 aromatic carbocycles. The SMILES string of the molecule is Cc1cc(C)cc(-c2nnc(S[C@@H](C)C(=O)N[C@@H]3CCCc4ccccc43)o2)c1. The first-order valence-electron chi connectivity index (χ1n) is 9.96. The number of aryl methyl sites for hydroxylation is 3. The topological polar surface area (TPSA) is 68.0 Å². The highest BCUT2D eigenvalue weighted by Gasteiger charge is 2.25. The minimum atomic E-state index is -0.323. The molecule has 1 heterocycles. The molecule has 0 saturated carbocycles. The van der Waals surface area contributed by atoms with Gasteiger partial charge in [-0.1, -0.05) is 53.2 Å². The molecule has 5 nitrogen and oxygen atoms in total. The molecular formula is C23H25N3O2S. The molecule has 0 spiro atoms. The second-order valence-corrected chi connectivity index (χ2v) is 8.95. The lowest BCUT2D eigenvalue weighted by Gasteiger charge is -2.27. The zero-order chi connectivity index (χ0) is 20.4. The van der Waals surface area contributed by atoms with E-state index >= 15 is 0 Å². The highest BCUT2D eigenvalue weighted by molar-refractivity contribution is 8.00. The lowest BCUT2D eigenvalue weighted by Crippen LogP contribution is -2.35. The van der Waals surface area contributed by atoms with Gasteiger partial charge in [-0.2, -0.15) is 0 Å². The van der Waals surface area contributed by atoms with Crippen molar-refractivity contribution in [1.82, 2.24) is 15.5 Å². The molecule has 1 aliphatic carbocycles. The summed E-state index contributed by atoms with van der Waals surface area (Å²) < 4.78 is 5.81. The number of benzene rings is 2. The van der Waals surface area contributed by atoms with E-state index in [9.17, 15) is 4.79 Å². The van der Waals surface area contributed by atoms with Gasteiger partial charge < -0.3 is 9.73 Å². The first kappa shape index (κ1) is 19.7. The number of carbonyl (C=O) groups excluding carboxylic acids is 1. The van der Waals surface area contributed by atoms with Crippen molar-refractivity contribution in [2.45, 2.75) is 56.5 Å². The minimum absolute atomic E-state index is 0.0112. The van der Waals surface area contributed by atoms with Crippen molar-refractivity contribution in [3.8, 4) is 11.5 Å². The Morgan fingerprint density at radius 3 is 2.72 bits per heavy atom. The molecule has 2 atom stereocenters. The van der Waals surface area contributed by atoms with Crippen molar-refractivity contribution in [2.75, 3.05) is 0 Å². The summed E-state index contributed by atoms with van der Waals surface area (Å²) in [4.78, 5) is 12.8. The number of rotatable bonds is 5. The highest BCUT2D eigenvalue weighted by atomic mass is 32.2. The van der Waals surface area contributed by atoms with Crippen LogP contribution in [0.15, 0.2) is 52.1 Å². The van der Waals surface area contributed by atoms with E-state index in [1.807, 2.05) is 39.0 Å². The molecule has 0 unspecified atom stereocenters. The van der Waals surface area contributed by atoms with Gasteiger partial charge in [0, 0.05) is 5.56 Å². The molecule has 1 N–H and O–H groups in total. The number of fused-ring (bicyclic) bond motifs is 1. The Kier molecular flexibility index (Phi) is 5.72. The molecule has 6 heteroatoms. The summed E-state index contributed by atoms with van der Waals surface area (Å²) in [6.45, 7) is 5.95. The van der Waals surface area contributed by atoms with Gasteiger partial charge >= 0.3 is 0 Å². The molecule has 0 radical (unpaired) electrons. The Bertz CT molecular complexity index is 1010. The van der Waals surface area contributed by atoms with Gasteiger partial charge in [0.1, 0.15) is 0 Å². The van der Waals surface area contributed by atoms with Crippen LogP contribution in [0.2, 0.25) is 0 Å². The molecule has 1 aromatic heterocycles. The van der Waals surface area contributed by atoms with Crippen LogP contribution < -0.4 is 5.32 Å².